The SMILES string of the molecule is CC(C)CC1CCCC(CN)(N(C)Cc2ccsc2)C1. The fourth-order valence-electron chi connectivity index (χ4n) is 3.84. The van der Waals surface area contributed by atoms with E-state index in [1.165, 1.54) is 37.7 Å². The topological polar surface area (TPSA) is 29.3 Å². The van der Waals surface area contributed by atoms with Crippen molar-refractivity contribution < 1.29 is 0 Å². The zero-order chi connectivity index (χ0) is 14.6. The molecule has 2 unspecified atom stereocenters. The number of likely N-dealkylation sites (N-methyl/N-ethyl adjacent to an activating group) is 1. The molecule has 3 heteroatoms. The second-order valence-electron chi connectivity index (χ2n) is 7.01. The number of thiophene rings is 1. The third-order valence-corrected chi connectivity index (χ3v) is 5.65. The molecule has 1 aliphatic rings. The molecule has 2 rings (SSSR count). The lowest BCUT2D eigenvalue weighted by molar-refractivity contribution is 0.0463. The zero-order valence-electron chi connectivity index (χ0n) is 13.3. The van der Waals surface area contributed by atoms with E-state index in [0.717, 1.165) is 24.9 Å². The summed E-state index contributed by atoms with van der Waals surface area (Å²) in [4.78, 5) is 2.53. The van der Waals surface area contributed by atoms with Crippen LogP contribution < -0.4 is 5.73 Å². The quantitative estimate of drug-likeness (QED) is 0.855. The van der Waals surface area contributed by atoms with Gasteiger partial charge in [0.25, 0.3) is 0 Å². The normalized spacial score (nSPS) is 27.4. The lowest BCUT2D eigenvalue weighted by atomic mass is 9.72. The Hall–Kier alpha value is -0.380. The maximum Gasteiger partial charge on any atom is 0.0334 e. The summed E-state index contributed by atoms with van der Waals surface area (Å²) in [5, 5.41) is 4.43. The lowest BCUT2D eigenvalue weighted by Crippen LogP contribution is -2.54. The standard InChI is InChI=1S/C17H30N2S/c1-14(2)9-15-5-4-7-17(10-15,13-18)19(3)11-16-6-8-20-12-16/h6,8,12,14-15H,4-5,7,9-11,13,18H2,1-3H3. The molecular weight excluding hydrogens is 264 g/mol. The highest BCUT2D eigenvalue weighted by atomic mass is 32.1. The summed E-state index contributed by atoms with van der Waals surface area (Å²) in [6.45, 7) is 6.51. The van der Waals surface area contributed by atoms with Gasteiger partial charge in [0, 0.05) is 18.6 Å². The van der Waals surface area contributed by atoms with Crippen molar-refractivity contribution >= 4 is 11.3 Å². The van der Waals surface area contributed by atoms with Crippen LogP contribution in [0.5, 0.6) is 0 Å². The molecule has 1 aliphatic carbocycles. The van der Waals surface area contributed by atoms with E-state index in [0.29, 0.717) is 0 Å². The molecular formula is C17H30N2S. The second-order valence-corrected chi connectivity index (χ2v) is 7.79. The molecule has 1 aromatic heterocycles. The molecule has 0 spiro atoms. The number of nitrogens with two attached hydrogens (primary N) is 1. The Morgan fingerprint density at radius 3 is 2.90 bits per heavy atom. The van der Waals surface area contributed by atoms with Gasteiger partial charge >= 0.3 is 0 Å². The maximum absolute atomic E-state index is 6.22. The molecule has 20 heavy (non-hydrogen) atoms. The van der Waals surface area contributed by atoms with Gasteiger partial charge < -0.3 is 5.73 Å². The van der Waals surface area contributed by atoms with Crippen LogP contribution in [0.15, 0.2) is 16.8 Å². The minimum absolute atomic E-state index is 0.222. The first kappa shape index (κ1) is 16.0. The van der Waals surface area contributed by atoms with E-state index >= 15 is 0 Å². The predicted molar refractivity (Wildman–Crippen MR) is 89.0 cm³/mol. The fourth-order valence-corrected chi connectivity index (χ4v) is 4.50. The van der Waals surface area contributed by atoms with Gasteiger partial charge in [-0.1, -0.05) is 26.7 Å². The van der Waals surface area contributed by atoms with Crippen LogP contribution in [-0.2, 0) is 6.54 Å². The molecule has 0 amide bonds. The average molecular weight is 295 g/mol. The van der Waals surface area contributed by atoms with Gasteiger partial charge in [0.05, 0.1) is 0 Å². The summed E-state index contributed by atoms with van der Waals surface area (Å²) in [6, 6.07) is 2.24. The van der Waals surface area contributed by atoms with E-state index in [1.54, 1.807) is 11.3 Å². The van der Waals surface area contributed by atoms with E-state index in [1.807, 2.05) is 0 Å². The highest BCUT2D eigenvalue weighted by molar-refractivity contribution is 7.07. The highest BCUT2D eigenvalue weighted by Crippen LogP contribution is 2.39. The third-order valence-electron chi connectivity index (χ3n) is 4.92. The monoisotopic (exact) mass is 294 g/mol. The summed E-state index contributed by atoms with van der Waals surface area (Å²) in [7, 11) is 2.27. The molecule has 0 radical (unpaired) electrons. The van der Waals surface area contributed by atoms with Crippen molar-refractivity contribution in [2.45, 2.75) is 58.0 Å². The minimum Gasteiger partial charge on any atom is -0.329 e. The summed E-state index contributed by atoms with van der Waals surface area (Å²) < 4.78 is 0. The molecule has 0 saturated heterocycles. The Labute approximate surface area is 128 Å². The van der Waals surface area contributed by atoms with E-state index < -0.39 is 0 Å². The molecule has 1 fully saturated rings. The minimum atomic E-state index is 0.222. The van der Waals surface area contributed by atoms with Crippen LogP contribution in [0, 0.1) is 11.8 Å². The van der Waals surface area contributed by atoms with Gasteiger partial charge in [0.1, 0.15) is 0 Å². The van der Waals surface area contributed by atoms with E-state index in [2.05, 4.69) is 42.6 Å². The van der Waals surface area contributed by atoms with Crippen molar-refractivity contribution in [1.82, 2.24) is 4.90 Å². The first-order chi connectivity index (χ1) is 9.55. The summed E-state index contributed by atoms with van der Waals surface area (Å²) >= 11 is 1.79. The Morgan fingerprint density at radius 2 is 2.30 bits per heavy atom. The fraction of sp³-hybridized carbons (Fsp3) is 0.765. The summed E-state index contributed by atoms with van der Waals surface area (Å²) in [6.07, 6.45) is 6.63. The largest absolute Gasteiger partial charge is 0.329 e. The van der Waals surface area contributed by atoms with Gasteiger partial charge in [0.2, 0.25) is 0 Å². The zero-order valence-corrected chi connectivity index (χ0v) is 14.1. The van der Waals surface area contributed by atoms with E-state index in [9.17, 15) is 0 Å². The van der Waals surface area contributed by atoms with Crippen molar-refractivity contribution in [1.29, 1.82) is 0 Å². The van der Waals surface area contributed by atoms with Crippen molar-refractivity contribution in [2.24, 2.45) is 17.6 Å². The van der Waals surface area contributed by atoms with Gasteiger partial charge in [0.15, 0.2) is 0 Å². The molecule has 2 nitrogen and oxygen atoms in total. The molecule has 0 bridgehead atoms. The Morgan fingerprint density at radius 1 is 1.50 bits per heavy atom. The molecule has 2 atom stereocenters. The molecule has 114 valence electrons. The summed E-state index contributed by atoms with van der Waals surface area (Å²) in [5.74, 6) is 1.66. The molecule has 2 N–H and O–H groups in total. The maximum atomic E-state index is 6.22. The molecule has 0 aromatic carbocycles. The Kier molecular flexibility index (Phi) is 5.65. The number of hydrogen-bond donors (Lipinski definition) is 1. The van der Waals surface area contributed by atoms with Crippen molar-refractivity contribution in [3.63, 3.8) is 0 Å². The van der Waals surface area contributed by atoms with Crippen LogP contribution in [0.3, 0.4) is 0 Å². The smallest absolute Gasteiger partial charge is 0.0334 e. The summed E-state index contributed by atoms with van der Waals surface area (Å²) in [5.41, 5.74) is 7.87. The first-order valence-corrected chi connectivity index (χ1v) is 8.92. The van der Waals surface area contributed by atoms with Gasteiger partial charge in [-0.3, -0.25) is 4.90 Å². The van der Waals surface area contributed by atoms with Gasteiger partial charge in [-0.15, -0.1) is 0 Å². The van der Waals surface area contributed by atoms with Crippen LogP contribution in [0.25, 0.3) is 0 Å². The van der Waals surface area contributed by atoms with Crippen LogP contribution in [0.1, 0.15) is 51.5 Å². The molecule has 1 heterocycles. The second kappa shape index (κ2) is 7.06. The van der Waals surface area contributed by atoms with Crippen LogP contribution in [0.2, 0.25) is 0 Å². The average Bonchev–Trinajstić information content (AvgIpc) is 2.91. The van der Waals surface area contributed by atoms with Gasteiger partial charge in [-0.25, -0.2) is 0 Å². The van der Waals surface area contributed by atoms with E-state index in [-0.39, 0.29) is 5.54 Å². The molecule has 0 aliphatic heterocycles. The predicted octanol–water partition coefficient (Wildman–Crippen LogP) is 4.11. The molecule has 1 aromatic rings. The Bertz CT molecular complexity index is 388. The lowest BCUT2D eigenvalue weighted by Gasteiger charge is -2.47. The van der Waals surface area contributed by atoms with Gasteiger partial charge in [-0.05, 0) is 60.5 Å². The Balaban J connectivity index is 2.03. The third kappa shape index (κ3) is 3.84. The highest BCUT2D eigenvalue weighted by Gasteiger charge is 2.38. The number of rotatable bonds is 6. The van der Waals surface area contributed by atoms with Crippen LogP contribution in [-0.4, -0.2) is 24.0 Å². The van der Waals surface area contributed by atoms with Crippen molar-refractivity contribution in [2.75, 3.05) is 13.6 Å². The van der Waals surface area contributed by atoms with Crippen molar-refractivity contribution in [3.05, 3.63) is 22.4 Å². The van der Waals surface area contributed by atoms with Crippen LogP contribution >= 0.6 is 11.3 Å². The number of hydrogen-bond acceptors (Lipinski definition) is 3. The van der Waals surface area contributed by atoms with Crippen molar-refractivity contribution in [3.8, 4) is 0 Å². The number of nitrogens with zero attached hydrogens (tertiary/aromatic N) is 1. The molecule has 1 saturated carbocycles. The van der Waals surface area contributed by atoms with E-state index in [4.69, 9.17) is 5.73 Å². The van der Waals surface area contributed by atoms with Crippen LogP contribution in [0.4, 0.5) is 0 Å². The van der Waals surface area contributed by atoms with Gasteiger partial charge in [-0.2, -0.15) is 11.3 Å². The first-order valence-electron chi connectivity index (χ1n) is 7.98.